The average molecular weight is 533 g/mol. The molecule has 2 aromatic heterocycles. The molecule has 0 aliphatic rings. The molecule has 0 bridgehead atoms. The Balaban J connectivity index is 1.76. The average Bonchev–Trinajstić information content (AvgIpc) is 2.97. The molecular weight excluding hydrogens is 500 g/mol. The van der Waals surface area contributed by atoms with Crippen molar-refractivity contribution in [3.05, 3.63) is 96.1 Å². The van der Waals surface area contributed by atoms with E-state index in [9.17, 15) is 9.59 Å². The second-order valence-electron chi connectivity index (χ2n) is 10.7. The topological polar surface area (TPSA) is 78.4 Å². The number of fused-ring (bicyclic) bond motifs is 2. The Kier molecular flexibility index (Phi) is 7.87. The molecule has 202 valence electrons. The Morgan fingerprint density at radius 1 is 0.600 bits per heavy atom. The summed E-state index contributed by atoms with van der Waals surface area (Å²) >= 11 is 0. The number of carbonyl (C=O) groups excluding carboxylic acids is 2. The van der Waals surface area contributed by atoms with Gasteiger partial charge in [-0.05, 0) is 36.1 Å². The Morgan fingerprint density at radius 2 is 1.00 bits per heavy atom. The molecule has 0 aliphatic heterocycles. The van der Waals surface area contributed by atoms with Gasteiger partial charge in [-0.25, -0.2) is 19.6 Å². The summed E-state index contributed by atoms with van der Waals surface area (Å²) in [5.74, 6) is -0.491. The fourth-order valence-electron chi connectivity index (χ4n) is 4.44. The van der Waals surface area contributed by atoms with Gasteiger partial charge in [0.2, 0.25) is 0 Å². The maximum Gasteiger partial charge on any atom is 0.338 e. The molecule has 0 amide bonds. The number of hydrogen-bond donors (Lipinski definition) is 0. The van der Waals surface area contributed by atoms with Crippen LogP contribution < -0.4 is 0 Å². The molecule has 0 saturated heterocycles. The van der Waals surface area contributed by atoms with Crippen LogP contribution in [0, 0.1) is 11.8 Å². The van der Waals surface area contributed by atoms with E-state index in [2.05, 4.69) is 0 Å². The van der Waals surface area contributed by atoms with E-state index in [1.54, 1.807) is 12.1 Å². The maximum absolute atomic E-state index is 13.4. The molecule has 0 saturated carbocycles. The molecule has 0 aliphatic carbocycles. The lowest BCUT2D eigenvalue weighted by Gasteiger charge is -2.15. The van der Waals surface area contributed by atoms with Crippen molar-refractivity contribution in [2.24, 2.45) is 11.8 Å². The molecule has 0 unspecified atom stereocenters. The summed E-state index contributed by atoms with van der Waals surface area (Å²) < 4.78 is 11.3. The number of aromatic nitrogens is 2. The third kappa shape index (κ3) is 5.86. The van der Waals surface area contributed by atoms with E-state index in [1.807, 2.05) is 100 Å². The first-order chi connectivity index (χ1) is 19.3. The normalized spacial score (nSPS) is 11.3. The maximum atomic E-state index is 13.4. The van der Waals surface area contributed by atoms with Gasteiger partial charge in [0.25, 0.3) is 0 Å². The first-order valence-electron chi connectivity index (χ1n) is 13.5. The fraction of sp³-hybridized carbons (Fsp3) is 0.235. The minimum Gasteiger partial charge on any atom is -0.462 e. The van der Waals surface area contributed by atoms with Crippen molar-refractivity contribution in [2.45, 2.75) is 27.7 Å². The van der Waals surface area contributed by atoms with Gasteiger partial charge < -0.3 is 9.47 Å². The summed E-state index contributed by atoms with van der Waals surface area (Å²) in [5, 5.41) is 1.18. The fourth-order valence-corrected chi connectivity index (χ4v) is 4.44. The molecule has 6 nitrogen and oxygen atoms in total. The number of nitrogens with zero attached hydrogens (tertiary/aromatic N) is 2. The van der Waals surface area contributed by atoms with Crippen LogP contribution in [0.3, 0.4) is 0 Å². The van der Waals surface area contributed by atoms with Crippen molar-refractivity contribution in [3.8, 4) is 22.5 Å². The molecule has 5 aromatic rings. The van der Waals surface area contributed by atoms with Gasteiger partial charge in [-0.2, -0.15) is 0 Å². The van der Waals surface area contributed by atoms with E-state index < -0.39 is 11.9 Å². The summed E-state index contributed by atoms with van der Waals surface area (Å²) in [4.78, 5) is 36.5. The third-order valence-electron chi connectivity index (χ3n) is 6.41. The Bertz CT molecular complexity index is 1560. The lowest BCUT2D eigenvalue weighted by molar-refractivity contribution is 0.0453. The van der Waals surface area contributed by atoms with Crippen LogP contribution in [0.5, 0.6) is 0 Å². The van der Waals surface area contributed by atoms with Crippen LogP contribution in [-0.4, -0.2) is 35.1 Å². The number of rotatable bonds is 8. The van der Waals surface area contributed by atoms with Gasteiger partial charge in [0.05, 0.1) is 46.8 Å². The van der Waals surface area contributed by atoms with Gasteiger partial charge in [0.15, 0.2) is 0 Å². The monoisotopic (exact) mass is 532 g/mol. The van der Waals surface area contributed by atoms with Crippen molar-refractivity contribution in [3.63, 3.8) is 0 Å². The SMILES string of the molecule is CC(C)COC(=O)c1cc(-c2ccccc2)nc2cc3nc(-c4ccccc4)cc(C(=O)OCC(C)C)c3cc12. The minimum atomic E-state index is -0.435. The second-order valence-corrected chi connectivity index (χ2v) is 10.7. The highest BCUT2D eigenvalue weighted by Crippen LogP contribution is 2.32. The highest BCUT2D eigenvalue weighted by Gasteiger charge is 2.21. The number of ether oxygens (including phenoxy) is 2. The number of benzene rings is 3. The highest BCUT2D eigenvalue weighted by molar-refractivity contribution is 6.12. The van der Waals surface area contributed by atoms with Crippen molar-refractivity contribution in [1.82, 2.24) is 9.97 Å². The van der Waals surface area contributed by atoms with Gasteiger partial charge in [-0.15, -0.1) is 0 Å². The van der Waals surface area contributed by atoms with Crippen LogP contribution in [0.4, 0.5) is 0 Å². The minimum absolute atomic E-state index is 0.189. The molecule has 2 heterocycles. The van der Waals surface area contributed by atoms with E-state index in [0.29, 0.717) is 57.5 Å². The first kappa shape index (κ1) is 27.0. The van der Waals surface area contributed by atoms with Crippen molar-refractivity contribution in [2.75, 3.05) is 13.2 Å². The van der Waals surface area contributed by atoms with E-state index in [4.69, 9.17) is 19.4 Å². The van der Waals surface area contributed by atoms with Gasteiger partial charge in [-0.1, -0.05) is 88.4 Å². The second kappa shape index (κ2) is 11.7. The standard InChI is InChI=1S/C34H32N2O4/c1-21(2)19-39-33(37)27-16-29(23-11-7-5-8-12-23)35-31-18-32-26(15-25(27)31)28(34(38)40-20-22(3)4)17-30(36-32)24-13-9-6-10-14-24/h5-18,21-22H,19-20H2,1-4H3. The van der Waals surface area contributed by atoms with Crippen molar-refractivity contribution in [1.29, 1.82) is 0 Å². The summed E-state index contributed by atoms with van der Waals surface area (Å²) in [6.45, 7) is 8.56. The van der Waals surface area contributed by atoms with Gasteiger partial charge in [0, 0.05) is 21.9 Å². The molecule has 40 heavy (non-hydrogen) atoms. The zero-order chi connectivity index (χ0) is 28.2. The van der Waals surface area contributed by atoms with Crippen LogP contribution in [0.15, 0.2) is 84.9 Å². The molecule has 6 heteroatoms. The van der Waals surface area contributed by atoms with E-state index in [-0.39, 0.29) is 11.8 Å². The van der Waals surface area contributed by atoms with Crippen LogP contribution in [0.2, 0.25) is 0 Å². The van der Waals surface area contributed by atoms with Crippen molar-refractivity contribution < 1.29 is 19.1 Å². The largest absolute Gasteiger partial charge is 0.462 e. The molecule has 0 N–H and O–H groups in total. The summed E-state index contributed by atoms with van der Waals surface area (Å²) in [7, 11) is 0. The predicted molar refractivity (Wildman–Crippen MR) is 158 cm³/mol. The Morgan fingerprint density at radius 3 is 1.38 bits per heavy atom. The van der Waals surface area contributed by atoms with E-state index in [1.165, 1.54) is 0 Å². The Labute approximate surface area is 234 Å². The molecule has 0 atom stereocenters. The van der Waals surface area contributed by atoms with Crippen LogP contribution >= 0.6 is 0 Å². The zero-order valence-corrected chi connectivity index (χ0v) is 23.2. The van der Waals surface area contributed by atoms with Crippen LogP contribution in [-0.2, 0) is 9.47 Å². The highest BCUT2D eigenvalue weighted by atomic mass is 16.5. The third-order valence-corrected chi connectivity index (χ3v) is 6.41. The van der Waals surface area contributed by atoms with Crippen molar-refractivity contribution >= 4 is 33.7 Å². The van der Waals surface area contributed by atoms with Gasteiger partial charge in [0.1, 0.15) is 0 Å². The smallest absolute Gasteiger partial charge is 0.338 e. The van der Waals surface area contributed by atoms with Gasteiger partial charge >= 0.3 is 11.9 Å². The number of esters is 2. The molecule has 0 radical (unpaired) electrons. The van der Waals surface area contributed by atoms with Crippen LogP contribution in [0.1, 0.15) is 48.4 Å². The zero-order valence-electron chi connectivity index (χ0n) is 23.2. The van der Waals surface area contributed by atoms with E-state index >= 15 is 0 Å². The molecule has 3 aromatic carbocycles. The number of pyridine rings is 2. The van der Waals surface area contributed by atoms with Crippen LogP contribution in [0.25, 0.3) is 44.3 Å². The molecular formula is C34H32N2O4. The predicted octanol–water partition coefficient (Wildman–Crippen LogP) is 7.74. The number of carbonyl (C=O) groups is 2. The summed E-state index contributed by atoms with van der Waals surface area (Å²) in [5.41, 5.74) is 5.02. The summed E-state index contributed by atoms with van der Waals surface area (Å²) in [6, 6.07) is 26.6. The molecule has 0 fully saturated rings. The Hall–Kier alpha value is -4.58. The van der Waals surface area contributed by atoms with E-state index in [0.717, 1.165) is 11.1 Å². The first-order valence-corrected chi connectivity index (χ1v) is 13.5. The lowest BCUT2D eigenvalue weighted by atomic mass is 9.99. The molecule has 5 rings (SSSR count). The van der Waals surface area contributed by atoms with Gasteiger partial charge in [-0.3, -0.25) is 0 Å². The lowest BCUT2D eigenvalue weighted by Crippen LogP contribution is -2.12. The summed E-state index contributed by atoms with van der Waals surface area (Å²) in [6.07, 6.45) is 0. The quantitative estimate of drug-likeness (QED) is 0.150. The molecule has 0 spiro atoms. The number of hydrogen-bond acceptors (Lipinski definition) is 6.